The molecule has 2 fully saturated rings. The zero-order valence-electron chi connectivity index (χ0n) is 23.1. The largest absolute Gasteiger partial charge is 0.423 e. The first-order chi connectivity index (χ1) is 20.2. The molecule has 1 N–H and O–H groups in total. The molecule has 1 amide bonds. The van der Waals surface area contributed by atoms with Crippen LogP contribution >= 0.6 is 0 Å². The first-order valence-corrected chi connectivity index (χ1v) is 14.1. The highest BCUT2D eigenvalue weighted by Gasteiger charge is 2.38. The third-order valence-corrected chi connectivity index (χ3v) is 7.95. The number of benzene rings is 3. The summed E-state index contributed by atoms with van der Waals surface area (Å²) in [7, 11) is 0. The highest BCUT2D eigenvalue weighted by molar-refractivity contribution is 5.80. The normalized spacial score (nSPS) is 19.4. The van der Waals surface area contributed by atoms with Crippen molar-refractivity contribution in [2.24, 2.45) is 0 Å². The molecule has 0 aromatic heterocycles. The quantitative estimate of drug-likeness (QED) is 0.245. The van der Waals surface area contributed by atoms with E-state index in [1.807, 2.05) is 35.2 Å². The van der Waals surface area contributed by atoms with Gasteiger partial charge >= 0.3 is 6.18 Å². The first-order valence-electron chi connectivity index (χ1n) is 14.1. The summed E-state index contributed by atoms with van der Waals surface area (Å²) in [6.45, 7) is 2.67. The summed E-state index contributed by atoms with van der Waals surface area (Å²) >= 11 is 0. The number of hydrogen-bond acceptors (Lipinski definition) is 6. The number of alkyl halides is 3. The molecule has 0 radical (unpaired) electrons. The Morgan fingerprint density at radius 3 is 2.26 bits per heavy atom. The molecule has 1 aliphatic heterocycles. The van der Waals surface area contributed by atoms with Gasteiger partial charge in [-0.1, -0.05) is 48.5 Å². The number of amides is 1. The van der Waals surface area contributed by atoms with Crippen LogP contribution in [0.2, 0.25) is 0 Å². The first kappa shape index (κ1) is 29.4. The topological polar surface area (TPSA) is 87.9 Å². The van der Waals surface area contributed by atoms with Gasteiger partial charge in [0.25, 0.3) is 5.69 Å². The lowest BCUT2D eigenvalue weighted by atomic mass is 9.92. The molecule has 1 saturated carbocycles. The zero-order valence-corrected chi connectivity index (χ0v) is 23.1. The number of ether oxygens (including phenoxy) is 1. The second kappa shape index (κ2) is 12.8. The van der Waals surface area contributed by atoms with Gasteiger partial charge in [-0.2, -0.15) is 13.2 Å². The van der Waals surface area contributed by atoms with Crippen LogP contribution < -0.4 is 10.2 Å². The molecule has 0 bridgehead atoms. The van der Waals surface area contributed by atoms with Crippen molar-refractivity contribution in [3.63, 3.8) is 0 Å². The molecule has 1 heterocycles. The lowest BCUT2D eigenvalue weighted by Crippen LogP contribution is -2.50. The Balaban J connectivity index is 1.07. The number of carbonyl (C=O) groups excluding carboxylic acids is 1. The van der Waals surface area contributed by atoms with Crippen LogP contribution in [0.4, 0.5) is 30.2 Å². The van der Waals surface area contributed by atoms with E-state index < -0.39 is 22.4 Å². The number of nitro groups is 1. The van der Waals surface area contributed by atoms with E-state index in [1.54, 1.807) is 0 Å². The van der Waals surface area contributed by atoms with E-state index >= 15 is 0 Å². The van der Waals surface area contributed by atoms with Gasteiger partial charge in [0, 0.05) is 55.2 Å². The van der Waals surface area contributed by atoms with E-state index in [9.17, 15) is 28.1 Å². The summed E-state index contributed by atoms with van der Waals surface area (Å²) in [6, 6.07) is 21.4. The summed E-state index contributed by atoms with van der Waals surface area (Å²) < 4.78 is 45.8. The SMILES string of the molecule is O=C(CO[C@H]1CC[C@H](Nc2ccc([N+](=O)[O-])c(C(F)(F)F)c2)CC1)N1CCN(c2ccccc2-c2ccccc2)CC1. The highest BCUT2D eigenvalue weighted by Crippen LogP contribution is 2.38. The van der Waals surface area contributed by atoms with E-state index in [0.29, 0.717) is 38.8 Å². The minimum Gasteiger partial charge on any atom is -0.382 e. The summed E-state index contributed by atoms with van der Waals surface area (Å²) in [6.07, 6.45) is -2.30. The van der Waals surface area contributed by atoms with Crippen LogP contribution in [0.25, 0.3) is 11.1 Å². The van der Waals surface area contributed by atoms with Gasteiger partial charge in [-0.15, -0.1) is 0 Å². The number of anilines is 2. The van der Waals surface area contributed by atoms with Crippen LogP contribution in [0.5, 0.6) is 0 Å². The molecule has 1 saturated heterocycles. The predicted octanol–water partition coefficient (Wildman–Crippen LogP) is 6.37. The Bertz CT molecular complexity index is 1390. The van der Waals surface area contributed by atoms with Crippen molar-refractivity contribution in [2.75, 3.05) is 43.0 Å². The average molecular weight is 583 g/mol. The molecule has 1 aliphatic carbocycles. The van der Waals surface area contributed by atoms with Gasteiger partial charge in [-0.05, 0) is 49.4 Å². The lowest BCUT2D eigenvalue weighted by Gasteiger charge is -2.37. The fourth-order valence-electron chi connectivity index (χ4n) is 5.71. The van der Waals surface area contributed by atoms with Crippen molar-refractivity contribution in [1.82, 2.24) is 4.90 Å². The maximum Gasteiger partial charge on any atom is 0.423 e. The second-order valence-corrected chi connectivity index (χ2v) is 10.7. The van der Waals surface area contributed by atoms with Crippen LogP contribution in [0.3, 0.4) is 0 Å². The number of halogens is 3. The maximum absolute atomic E-state index is 13.3. The van der Waals surface area contributed by atoms with Gasteiger partial charge in [-0.3, -0.25) is 14.9 Å². The molecular weight excluding hydrogens is 549 g/mol. The Hall–Kier alpha value is -4.12. The number of piperazine rings is 1. The molecule has 8 nitrogen and oxygen atoms in total. The molecule has 3 aromatic carbocycles. The standard InChI is InChI=1S/C31H33F3N4O4/c32-31(33,34)27-20-24(12-15-29(27)38(40)41)35-23-10-13-25(14-11-23)42-21-30(39)37-18-16-36(17-19-37)28-9-5-4-8-26(28)22-6-2-1-3-7-22/h1-9,12,15,20,23,25,35H,10-11,13-14,16-19,21H2/t23-,25-. The lowest BCUT2D eigenvalue weighted by molar-refractivity contribution is -0.388. The smallest absolute Gasteiger partial charge is 0.382 e. The molecule has 0 atom stereocenters. The van der Waals surface area contributed by atoms with E-state index in [2.05, 4.69) is 34.5 Å². The maximum atomic E-state index is 13.3. The van der Waals surface area contributed by atoms with Crippen LogP contribution in [0, 0.1) is 10.1 Å². The predicted molar refractivity (Wildman–Crippen MR) is 154 cm³/mol. The Morgan fingerprint density at radius 1 is 0.929 bits per heavy atom. The molecule has 3 aromatic rings. The van der Waals surface area contributed by atoms with E-state index in [1.165, 1.54) is 11.6 Å². The van der Waals surface area contributed by atoms with Gasteiger partial charge in [0.1, 0.15) is 12.2 Å². The second-order valence-electron chi connectivity index (χ2n) is 10.7. The number of nitrogens with zero attached hydrogens (tertiary/aromatic N) is 3. The number of hydrogen-bond donors (Lipinski definition) is 1. The van der Waals surface area contributed by atoms with Crippen molar-refractivity contribution in [2.45, 2.75) is 44.0 Å². The summed E-state index contributed by atoms with van der Waals surface area (Å²) in [5.74, 6) is -0.0446. The van der Waals surface area contributed by atoms with Crippen LogP contribution in [0.1, 0.15) is 31.2 Å². The van der Waals surface area contributed by atoms with Crippen molar-refractivity contribution in [3.8, 4) is 11.1 Å². The number of carbonyl (C=O) groups is 1. The molecule has 11 heteroatoms. The minimum atomic E-state index is -4.82. The van der Waals surface area contributed by atoms with E-state index in [4.69, 9.17) is 4.74 Å². The van der Waals surface area contributed by atoms with Gasteiger partial charge in [0.15, 0.2) is 0 Å². The van der Waals surface area contributed by atoms with Crippen LogP contribution in [-0.4, -0.2) is 60.7 Å². The van der Waals surface area contributed by atoms with E-state index in [-0.39, 0.29) is 30.3 Å². The molecule has 222 valence electrons. The summed E-state index contributed by atoms with van der Waals surface area (Å²) in [4.78, 5) is 27.0. The van der Waals surface area contributed by atoms with E-state index in [0.717, 1.165) is 36.5 Å². The number of nitrogens with one attached hydrogen (secondary N) is 1. The van der Waals surface area contributed by atoms with Gasteiger partial charge in [-0.25, -0.2) is 0 Å². The Morgan fingerprint density at radius 2 is 1.60 bits per heavy atom. The average Bonchev–Trinajstić information content (AvgIpc) is 3.00. The van der Waals surface area contributed by atoms with Crippen molar-refractivity contribution in [3.05, 3.63) is 88.5 Å². The summed E-state index contributed by atoms with van der Waals surface area (Å²) in [5, 5.41) is 14.1. The van der Waals surface area contributed by atoms with Gasteiger partial charge in [0.2, 0.25) is 5.91 Å². The zero-order chi connectivity index (χ0) is 29.7. The molecule has 42 heavy (non-hydrogen) atoms. The van der Waals surface area contributed by atoms with Crippen molar-refractivity contribution >= 4 is 23.0 Å². The minimum absolute atomic E-state index is 0.000654. The van der Waals surface area contributed by atoms with Gasteiger partial charge in [0.05, 0.1) is 11.0 Å². The highest BCUT2D eigenvalue weighted by atomic mass is 19.4. The fourth-order valence-corrected chi connectivity index (χ4v) is 5.71. The van der Waals surface area contributed by atoms with Crippen molar-refractivity contribution < 1.29 is 27.6 Å². The molecule has 0 spiro atoms. The molecule has 0 unspecified atom stereocenters. The number of para-hydroxylation sites is 1. The Kier molecular flexibility index (Phi) is 8.96. The van der Waals surface area contributed by atoms with Crippen LogP contribution in [-0.2, 0) is 15.7 Å². The monoisotopic (exact) mass is 582 g/mol. The van der Waals surface area contributed by atoms with Crippen LogP contribution in [0.15, 0.2) is 72.8 Å². The number of nitro benzene ring substituents is 1. The molecule has 2 aliphatic rings. The number of rotatable bonds is 8. The third kappa shape index (κ3) is 7.02. The molecule has 5 rings (SSSR count). The Labute approximate surface area is 242 Å². The van der Waals surface area contributed by atoms with Gasteiger partial charge < -0.3 is 19.9 Å². The fraction of sp³-hybridized carbons (Fsp3) is 0.387. The molecular formula is C31H33F3N4O4. The van der Waals surface area contributed by atoms with Crippen molar-refractivity contribution in [1.29, 1.82) is 0 Å². The summed E-state index contributed by atoms with van der Waals surface area (Å²) in [5.41, 5.74) is 1.44. The third-order valence-electron chi connectivity index (χ3n) is 7.95.